The van der Waals surface area contributed by atoms with Crippen molar-refractivity contribution in [3.05, 3.63) is 91.0 Å². The molecule has 1 aromatic heterocycles. The Kier molecular flexibility index (Phi) is 7.47. The van der Waals surface area contributed by atoms with E-state index in [4.69, 9.17) is 13.9 Å². The summed E-state index contributed by atoms with van der Waals surface area (Å²) < 4.78 is 17.1. The largest absolute Gasteiger partial charge is 0.494 e. The first-order chi connectivity index (χ1) is 19.2. The number of carboxylic acid groups (broad SMARTS) is 1. The van der Waals surface area contributed by atoms with Gasteiger partial charge in [-0.25, -0.2) is 9.59 Å². The minimum atomic E-state index is -1.15. The van der Waals surface area contributed by atoms with Crippen LogP contribution in [0, 0.1) is 0 Å². The number of carboxylic acids is 1. The van der Waals surface area contributed by atoms with E-state index in [-0.39, 0.29) is 13.0 Å². The predicted molar refractivity (Wildman–Crippen MR) is 155 cm³/mol. The quantitative estimate of drug-likeness (QED) is 0.211. The van der Waals surface area contributed by atoms with E-state index in [1.807, 2.05) is 48.5 Å². The van der Waals surface area contributed by atoms with Crippen molar-refractivity contribution < 1.29 is 28.6 Å². The van der Waals surface area contributed by atoms with Gasteiger partial charge in [-0.15, -0.1) is 0 Å². The topological polar surface area (TPSA) is 98.0 Å². The number of carbonyl (C=O) groups is 2. The molecule has 2 N–H and O–H groups in total. The number of para-hydroxylation sites is 2. The van der Waals surface area contributed by atoms with Crippen molar-refractivity contribution in [2.45, 2.75) is 38.8 Å². The average Bonchev–Trinajstić information content (AvgIpc) is 3.31. The fourth-order valence-corrected chi connectivity index (χ4v) is 4.59. The second-order valence-corrected chi connectivity index (χ2v) is 10.6. The third-order valence-electron chi connectivity index (χ3n) is 6.43. The smallest absolute Gasteiger partial charge is 0.408 e. The van der Waals surface area contributed by atoms with E-state index < -0.39 is 23.7 Å². The molecule has 40 heavy (non-hydrogen) atoms. The van der Waals surface area contributed by atoms with Crippen molar-refractivity contribution in [2.75, 3.05) is 6.61 Å². The van der Waals surface area contributed by atoms with Gasteiger partial charge in [-0.3, -0.25) is 0 Å². The van der Waals surface area contributed by atoms with Gasteiger partial charge in [-0.1, -0.05) is 66.7 Å². The number of aliphatic carboxylic acids is 1. The summed E-state index contributed by atoms with van der Waals surface area (Å²) in [7, 11) is 0. The third kappa shape index (κ3) is 6.10. The molecule has 0 aliphatic heterocycles. The summed E-state index contributed by atoms with van der Waals surface area (Å²) in [6.45, 7) is 5.26. The first-order valence-electron chi connectivity index (χ1n) is 13.1. The zero-order chi connectivity index (χ0) is 28.3. The molecule has 1 unspecified atom stereocenters. The molecule has 1 heterocycles. The SMILES string of the molecule is CC(C)(C)OC(=O)NC(CCOc1ccc(-c2cccc(-c3cccc4c3oc3ccccc34)c2)cc1)C(=O)O. The first kappa shape index (κ1) is 26.8. The minimum absolute atomic E-state index is 0.0890. The van der Waals surface area contributed by atoms with Gasteiger partial charge < -0.3 is 24.3 Å². The average molecular weight is 538 g/mol. The van der Waals surface area contributed by atoms with Crippen molar-refractivity contribution in [3.8, 4) is 28.0 Å². The summed E-state index contributed by atoms with van der Waals surface area (Å²) in [4.78, 5) is 23.5. The van der Waals surface area contributed by atoms with E-state index in [0.717, 1.165) is 44.2 Å². The monoisotopic (exact) mass is 537 g/mol. The van der Waals surface area contributed by atoms with Gasteiger partial charge >= 0.3 is 12.1 Å². The molecule has 0 spiro atoms. The minimum Gasteiger partial charge on any atom is -0.494 e. The van der Waals surface area contributed by atoms with Gasteiger partial charge in [0, 0.05) is 22.8 Å². The van der Waals surface area contributed by atoms with Crippen LogP contribution in [-0.2, 0) is 9.53 Å². The Labute approximate surface area is 232 Å². The predicted octanol–water partition coefficient (Wildman–Crippen LogP) is 7.67. The highest BCUT2D eigenvalue weighted by Crippen LogP contribution is 2.37. The molecule has 0 saturated heterocycles. The molecule has 1 amide bonds. The van der Waals surface area contributed by atoms with Crippen LogP contribution in [0.3, 0.4) is 0 Å². The maximum atomic E-state index is 12.0. The maximum Gasteiger partial charge on any atom is 0.408 e. The number of carbonyl (C=O) groups excluding carboxylic acids is 1. The summed E-state index contributed by atoms with van der Waals surface area (Å²) in [6, 6.07) is 29.1. The lowest BCUT2D eigenvalue weighted by molar-refractivity contribution is -0.139. The molecule has 1 atom stereocenters. The van der Waals surface area contributed by atoms with Crippen LogP contribution >= 0.6 is 0 Å². The molecule has 0 radical (unpaired) electrons. The highest BCUT2D eigenvalue weighted by Gasteiger charge is 2.24. The van der Waals surface area contributed by atoms with E-state index in [1.54, 1.807) is 20.8 Å². The molecule has 5 rings (SSSR count). The van der Waals surface area contributed by atoms with Gasteiger partial charge in [-0.05, 0) is 61.7 Å². The standard InChI is InChI=1S/C33H31NO6/c1-33(2,3)40-32(37)34-28(31(35)36)18-19-38-24-16-14-21(15-17-24)22-8-6-9-23(20-22)25-11-7-12-27-26-10-4-5-13-29(26)39-30(25)27/h4-17,20,28H,18-19H2,1-3H3,(H,34,37)(H,35,36). The zero-order valence-corrected chi connectivity index (χ0v) is 22.6. The van der Waals surface area contributed by atoms with Crippen LogP contribution < -0.4 is 10.1 Å². The lowest BCUT2D eigenvalue weighted by Gasteiger charge is -2.22. The van der Waals surface area contributed by atoms with Gasteiger partial charge in [0.15, 0.2) is 0 Å². The highest BCUT2D eigenvalue weighted by molar-refractivity contribution is 6.09. The van der Waals surface area contributed by atoms with Crippen LogP contribution in [0.1, 0.15) is 27.2 Å². The van der Waals surface area contributed by atoms with Gasteiger partial charge in [0.25, 0.3) is 0 Å². The van der Waals surface area contributed by atoms with Gasteiger partial charge in [-0.2, -0.15) is 0 Å². The molecule has 7 nitrogen and oxygen atoms in total. The Morgan fingerprint density at radius 2 is 1.55 bits per heavy atom. The summed E-state index contributed by atoms with van der Waals surface area (Å²) in [5.74, 6) is -0.545. The second kappa shape index (κ2) is 11.1. The summed E-state index contributed by atoms with van der Waals surface area (Å²) in [6.07, 6.45) is -0.686. The molecule has 204 valence electrons. The molecule has 0 aliphatic rings. The van der Waals surface area contributed by atoms with Crippen LogP contribution in [0.25, 0.3) is 44.2 Å². The van der Waals surface area contributed by atoms with Crippen LogP contribution in [0.2, 0.25) is 0 Å². The third-order valence-corrected chi connectivity index (χ3v) is 6.43. The first-order valence-corrected chi connectivity index (χ1v) is 13.1. The number of nitrogens with one attached hydrogen (secondary N) is 1. The fourth-order valence-electron chi connectivity index (χ4n) is 4.59. The Morgan fingerprint density at radius 3 is 2.30 bits per heavy atom. The number of amides is 1. The second-order valence-electron chi connectivity index (χ2n) is 10.6. The molecule has 0 bridgehead atoms. The molecule has 4 aromatic carbocycles. The molecular weight excluding hydrogens is 506 g/mol. The Balaban J connectivity index is 1.27. The maximum absolute atomic E-state index is 12.0. The molecular formula is C33H31NO6. The van der Waals surface area contributed by atoms with E-state index in [0.29, 0.717) is 5.75 Å². The van der Waals surface area contributed by atoms with E-state index >= 15 is 0 Å². The van der Waals surface area contributed by atoms with Crippen LogP contribution in [0.15, 0.2) is 95.4 Å². The van der Waals surface area contributed by atoms with Gasteiger partial charge in [0.2, 0.25) is 0 Å². The summed E-state index contributed by atoms with van der Waals surface area (Å²) >= 11 is 0. The number of benzene rings is 4. The number of hydrogen-bond donors (Lipinski definition) is 2. The normalized spacial score (nSPS) is 12.3. The highest BCUT2D eigenvalue weighted by atomic mass is 16.6. The number of rotatable bonds is 8. The van der Waals surface area contributed by atoms with Crippen molar-refractivity contribution in [1.29, 1.82) is 0 Å². The zero-order valence-electron chi connectivity index (χ0n) is 22.6. The number of ether oxygens (including phenoxy) is 2. The van der Waals surface area contributed by atoms with E-state index in [1.165, 1.54) is 0 Å². The number of alkyl carbamates (subject to hydrolysis) is 1. The van der Waals surface area contributed by atoms with Crippen molar-refractivity contribution >= 4 is 34.0 Å². The Morgan fingerprint density at radius 1 is 0.850 bits per heavy atom. The lowest BCUT2D eigenvalue weighted by Crippen LogP contribution is -2.44. The fraction of sp³-hybridized carbons (Fsp3) is 0.212. The molecule has 0 saturated carbocycles. The van der Waals surface area contributed by atoms with Crippen molar-refractivity contribution in [1.82, 2.24) is 5.32 Å². The Hall–Kier alpha value is -4.78. The molecule has 7 heteroatoms. The van der Waals surface area contributed by atoms with Gasteiger partial charge in [0.05, 0.1) is 6.61 Å². The van der Waals surface area contributed by atoms with Crippen LogP contribution in [0.4, 0.5) is 4.79 Å². The van der Waals surface area contributed by atoms with Crippen LogP contribution in [-0.4, -0.2) is 35.4 Å². The van der Waals surface area contributed by atoms with Crippen molar-refractivity contribution in [3.63, 3.8) is 0 Å². The lowest BCUT2D eigenvalue weighted by atomic mass is 9.97. The Bertz CT molecular complexity index is 1660. The van der Waals surface area contributed by atoms with E-state index in [2.05, 4.69) is 47.8 Å². The van der Waals surface area contributed by atoms with Gasteiger partial charge in [0.1, 0.15) is 28.6 Å². The molecule has 0 fully saturated rings. The number of hydrogen-bond acceptors (Lipinski definition) is 5. The number of furan rings is 1. The summed E-state index contributed by atoms with van der Waals surface area (Å²) in [5.41, 5.74) is 5.16. The molecule has 5 aromatic rings. The number of fused-ring (bicyclic) bond motifs is 3. The molecule has 0 aliphatic carbocycles. The van der Waals surface area contributed by atoms with Crippen LogP contribution in [0.5, 0.6) is 5.75 Å². The summed E-state index contributed by atoms with van der Waals surface area (Å²) in [5, 5.41) is 14.0. The van der Waals surface area contributed by atoms with Crippen molar-refractivity contribution in [2.24, 2.45) is 0 Å². The van der Waals surface area contributed by atoms with E-state index in [9.17, 15) is 14.7 Å².